The topological polar surface area (TPSA) is 78.9 Å². The van der Waals surface area contributed by atoms with Gasteiger partial charge < -0.3 is 10.1 Å². The van der Waals surface area contributed by atoms with Gasteiger partial charge in [-0.15, -0.1) is 0 Å². The normalized spacial score (nSPS) is 11.0. The monoisotopic (exact) mass is 301 g/mol. The van der Waals surface area contributed by atoms with Crippen LogP contribution >= 0.6 is 11.6 Å². The zero-order valence-electron chi connectivity index (χ0n) is 11.2. The van der Waals surface area contributed by atoms with Crippen LogP contribution in [0.25, 0.3) is 22.3 Å². The Labute approximate surface area is 125 Å². The molecule has 3 rings (SSSR count). The Hall–Kier alpha value is -2.40. The highest BCUT2D eigenvalue weighted by Crippen LogP contribution is 2.28. The Bertz CT molecular complexity index is 842. The van der Waals surface area contributed by atoms with Gasteiger partial charge in [-0.3, -0.25) is 0 Å². The maximum Gasteiger partial charge on any atom is 0.335 e. The molecule has 0 saturated carbocycles. The van der Waals surface area contributed by atoms with Gasteiger partial charge in [-0.1, -0.05) is 24.6 Å². The Kier molecular flexibility index (Phi) is 3.35. The summed E-state index contributed by atoms with van der Waals surface area (Å²) >= 11 is 6.03. The third-order valence-corrected chi connectivity index (χ3v) is 3.71. The lowest BCUT2D eigenvalue weighted by molar-refractivity contribution is 0.0696. The number of carboxylic acids is 1. The van der Waals surface area contributed by atoms with Crippen LogP contribution in [0.1, 0.15) is 22.8 Å². The standard InChI is InChI=1S/C15H12ClN3O2/c1-2-8-5-9(3-4-10(8)15(20)21)12-6-11-13(16)17-7-18-14(11)19-12/h3-7H,2H2,1H3,(H,20,21)(H,17,18,19). The van der Waals surface area contributed by atoms with Crippen LogP contribution < -0.4 is 0 Å². The number of rotatable bonds is 3. The van der Waals surface area contributed by atoms with Crippen molar-refractivity contribution in [2.45, 2.75) is 13.3 Å². The van der Waals surface area contributed by atoms with E-state index in [1.165, 1.54) is 6.33 Å². The first-order valence-corrected chi connectivity index (χ1v) is 6.83. The van der Waals surface area contributed by atoms with Gasteiger partial charge in [0.05, 0.1) is 10.9 Å². The van der Waals surface area contributed by atoms with Gasteiger partial charge in [-0.05, 0) is 35.7 Å². The van der Waals surface area contributed by atoms with Crippen LogP contribution in [-0.2, 0) is 6.42 Å². The van der Waals surface area contributed by atoms with Gasteiger partial charge >= 0.3 is 5.97 Å². The molecule has 0 atom stereocenters. The van der Waals surface area contributed by atoms with Crippen molar-refractivity contribution >= 4 is 28.6 Å². The molecular weight excluding hydrogens is 290 g/mol. The maximum absolute atomic E-state index is 11.2. The number of aromatic nitrogens is 3. The first-order chi connectivity index (χ1) is 10.1. The molecule has 2 heterocycles. The fourth-order valence-corrected chi connectivity index (χ4v) is 2.52. The largest absolute Gasteiger partial charge is 0.478 e. The van der Waals surface area contributed by atoms with E-state index in [-0.39, 0.29) is 0 Å². The molecule has 1 aromatic carbocycles. The second-order valence-electron chi connectivity index (χ2n) is 4.64. The maximum atomic E-state index is 11.2. The average Bonchev–Trinajstić information content (AvgIpc) is 2.92. The first kappa shape index (κ1) is 13.6. The highest BCUT2D eigenvalue weighted by atomic mass is 35.5. The van der Waals surface area contributed by atoms with Crippen molar-refractivity contribution in [3.63, 3.8) is 0 Å². The number of hydrogen-bond donors (Lipinski definition) is 2. The molecule has 0 spiro atoms. The second-order valence-corrected chi connectivity index (χ2v) is 5.00. The van der Waals surface area contributed by atoms with E-state index in [2.05, 4.69) is 15.0 Å². The minimum absolute atomic E-state index is 0.329. The highest BCUT2D eigenvalue weighted by molar-refractivity contribution is 6.34. The molecule has 2 aromatic heterocycles. The molecule has 0 amide bonds. The number of nitrogens with zero attached hydrogens (tertiary/aromatic N) is 2. The molecule has 0 radical (unpaired) electrons. The number of halogens is 1. The zero-order valence-corrected chi connectivity index (χ0v) is 12.0. The molecule has 6 heteroatoms. The summed E-state index contributed by atoms with van der Waals surface area (Å²) in [6, 6.07) is 7.13. The summed E-state index contributed by atoms with van der Waals surface area (Å²) < 4.78 is 0. The number of aromatic carboxylic acids is 1. The highest BCUT2D eigenvalue weighted by Gasteiger charge is 2.12. The number of aryl methyl sites for hydroxylation is 1. The van der Waals surface area contributed by atoms with Crippen molar-refractivity contribution in [2.24, 2.45) is 0 Å². The number of nitrogens with one attached hydrogen (secondary N) is 1. The number of benzene rings is 1. The van der Waals surface area contributed by atoms with Crippen molar-refractivity contribution in [3.8, 4) is 11.3 Å². The molecule has 0 aliphatic heterocycles. The summed E-state index contributed by atoms with van der Waals surface area (Å²) in [5.74, 6) is -0.913. The smallest absolute Gasteiger partial charge is 0.335 e. The van der Waals surface area contributed by atoms with E-state index in [0.29, 0.717) is 22.8 Å². The Balaban J connectivity index is 2.14. The van der Waals surface area contributed by atoms with Crippen LogP contribution in [0.2, 0.25) is 5.15 Å². The summed E-state index contributed by atoms with van der Waals surface area (Å²) in [7, 11) is 0. The third-order valence-electron chi connectivity index (χ3n) is 3.40. The SMILES string of the molecule is CCc1cc(-c2cc3c(Cl)ncnc3[nH]2)ccc1C(=O)O. The fourth-order valence-electron chi connectivity index (χ4n) is 2.33. The lowest BCUT2D eigenvalue weighted by Gasteiger charge is -2.06. The number of carboxylic acid groups (broad SMARTS) is 1. The molecule has 106 valence electrons. The molecule has 21 heavy (non-hydrogen) atoms. The van der Waals surface area contributed by atoms with Crippen molar-refractivity contribution in [1.82, 2.24) is 15.0 Å². The first-order valence-electron chi connectivity index (χ1n) is 6.46. The predicted octanol–water partition coefficient (Wildman–Crippen LogP) is 3.54. The van der Waals surface area contributed by atoms with Gasteiger partial charge in [0.1, 0.15) is 17.1 Å². The number of H-pyrrole nitrogens is 1. The van der Waals surface area contributed by atoms with Crippen LogP contribution in [0, 0.1) is 0 Å². The van der Waals surface area contributed by atoms with Crippen LogP contribution in [0.4, 0.5) is 0 Å². The fraction of sp³-hybridized carbons (Fsp3) is 0.133. The van der Waals surface area contributed by atoms with E-state index in [4.69, 9.17) is 16.7 Å². The molecule has 5 nitrogen and oxygen atoms in total. The van der Waals surface area contributed by atoms with Crippen LogP contribution in [-0.4, -0.2) is 26.0 Å². The molecule has 2 N–H and O–H groups in total. The van der Waals surface area contributed by atoms with E-state index in [0.717, 1.165) is 22.2 Å². The third kappa shape index (κ3) is 2.36. The molecule has 0 bridgehead atoms. The molecule has 3 aromatic rings. The van der Waals surface area contributed by atoms with E-state index in [1.54, 1.807) is 12.1 Å². The molecule has 0 aliphatic carbocycles. The summed E-state index contributed by atoms with van der Waals surface area (Å²) in [6.07, 6.45) is 2.05. The lowest BCUT2D eigenvalue weighted by atomic mass is 10.0. The number of fused-ring (bicyclic) bond motifs is 1. The van der Waals surface area contributed by atoms with Gasteiger partial charge in [-0.2, -0.15) is 0 Å². The summed E-state index contributed by atoms with van der Waals surface area (Å²) in [6.45, 7) is 1.93. The molecule has 0 saturated heterocycles. The van der Waals surface area contributed by atoms with E-state index in [1.807, 2.05) is 19.1 Å². The lowest BCUT2D eigenvalue weighted by Crippen LogP contribution is -2.01. The Morgan fingerprint density at radius 2 is 2.14 bits per heavy atom. The second kappa shape index (κ2) is 5.18. The predicted molar refractivity (Wildman–Crippen MR) is 80.7 cm³/mol. The van der Waals surface area contributed by atoms with Crippen molar-refractivity contribution in [3.05, 3.63) is 46.9 Å². The van der Waals surface area contributed by atoms with Crippen molar-refractivity contribution in [2.75, 3.05) is 0 Å². The molecule has 0 fully saturated rings. The minimum atomic E-state index is -0.913. The van der Waals surface area contributed by atoms with E-state index < -0.39 is 5.97 Å². The van der Waals surface area contributed by atoms with Crippen molar-refractivity contribution < 1.29 is 9.90 Å². The zero-order chi connectivity index (χ0) is 15.0. The van der Waals surface area contributed by atoms with E-state index >= 15 is 0 Å². The van der Waals surface area contributed by atoms with Gasteiger partial charge in [0, 0.05) is 5.69 Å². The molecular formula is C15H12ClN3O2. The number of aromatic amines is 1. The molecule has 0 aliphatic rings. The van der Waals surface area contributed by atoms with Gasteiger partial charge in [0.2, 0.25) is 0 Å². The number of hydrogen-bond acceptors (Lipinski definition) is 3. The van der Waals surface area contributed by atoms with Gasteiger partial charge in [0.25, 0.3) is 0 Å². The Morgan fingerprint density at radius 3 is 2.81 bits per heavy atom. The van der Waals surface area contributed by atoms with Crippen LogP contribution in [0.15, 0.2) is 30.6 Å². The quantitative estimate of drug-likeness (QED) is 0.725. The number of carbonyl (C=O) groups is 1. The van der Waals surface area contributed by atoms with Gasteiger partial charge in [-0.25, -0.2) is 14.8 Å². The average molecular weight is 302 g/mol. The Morgan fingerprint density at radius 1 is 1.33 bits per heavy atom. The summed E-state index contributed by atoms with van der Waals surface area (Å²) in [5, 5.41) is 10.3. The van der Waals surface area contributed by atoms with Crippen LogP contribution in [0.3, 0.4) is 0 Å². The summed E-state index contributed by atoms with van der Waals surface area (Å²) in [5.41, 5.74) is 3.50. The summed E-state index contributed by atoms with van der Waals surface area (Å²) in [4.78, 5) is 22.4. The van der Waals surface area contributed by atoms with Gasteiger partial charge in [0.15, 0.2) is 0 Å². The minimum Gasteiger partial charge on any atom is -0.478 e. The van der Waals surface area contributed by atoms with Crippen molar-refractivity contribution in [1.29, 1.82) is 0 Å². The van der Waals surface area contributed by atoms with E-state index in [9.17, 15) is 4.79 Å². The van der Waals surface area contributed by atoms with Crippen LogP contribution in [0.5, 0.6) is 0 Å². The molecule has 0 unspecified atom stereocenters.